The van der Waals surface area contributed by atoms with E-state index in [9.17, 15) is 19.0 Å². The lowest BCUT2D eigenvalue weighted by Crippen LogP contribution is -2.37. The van der Waals surface area contributed by atoms with Gasteiger partial charge in [0.25, 0.3) is 7.82 Å². The smallest absolute Gasteiger partial charge is 0.306 e. The maximum atomic E-state index is 12.8. The predicted octanol–water partition coefficient (Wildman–Crippen LogP) is 19.5. The summed E-state index contributed by atoms with van der Waals surface area (Å²) in [6, 6.07) is 0. The van der Waals surface area contributed by atoms with Crippen molar-refractivity contribution < 1.29 is 42.1 Å². The van der Waals surface area contributed by atoms with Gasteiger partial charge < -0.3 is 27.9 Å². The molecular formula is C72H112NO8P. The maximum absolute atomic E-state index is 12.8. The Kier molecular flexibility index (Phi) is 56.6. The monoisotopic (exact) mass is 1150 g/mol. The first-order chi connectivity index (χ1) is 40.0. The maximum Gasteiger partial charge on any atom is 0.306 e. The van der Waals surface area contributed by atoms with Crippen molar-refractivity contribution in [1.82, 2.24) is 0 Å². The summed E-state index contributed by atoms with van der Waals surface area (Å²) in [6.07, 6.45) is 94.9. The standard InChI is InChI=1S/C72H112NO8P/c1-6-8-10-12-14-16-18-20-22-24-26-28-30-32-34-36-38-40-42-44-46-48-50-52-54-56-58-60-62-64-71(74)78-68-70(69-80-82(76,77)79-67-66-73(3,4)5)81-72(75)65-63-61-59-57-55-53-51-49-47-45-43-41-39-37-35-33-31-29-27-25-23-21-19-17-15-13-11-9-7-2/h8-11,14-17,20-23,26-29,32-35,38-41,44-47,51,53,57,59,70H,6-7,12-13,18-19,24-25,30-31,36-37,42-43,48-50,52,54-56,58,60-69H2,1-5H3/b10-8-,11-9-,16-14-,17-15-,22-20-,23-21-,28-26-,29-27-,34-32-,35-33-,40-38-,41-39-,46-44-,47-45-,53-51-,59-57-. The molecule has 0 bridgehead atoms. The van der Waals surface area contributed by atoms with E-state index in [2.05, 4.69) is 202 Å². The molecule has 0 fully saturated rings. The molecule has 82 heavy (non-hydrogen) atoms. The van der Waals surface area contributed by atoms with Gasteiger partial charge in [0, 0.05) is 12.8 Å². The van der Waals surface area contributed by atoms with Crippen molar-refractivity contribution in [3.8, 4) is 0 Å². The number of nitrogens with zero attached hydrogens (tertiary/aromatic N) is 1. The molecule has 458 valence electrons. The minimum atomic E-state index is -4.67. The van der Waals surface area contributed by atoms with Crippen LogP contribution in [0.4, 0.5) is 0 Å². The molecular weight excluding hydrogens is 1040 g/mol. The lowest BCUT2D eigenvalue weighted by molar-refractivity contribution is -0.870. The molecule has 0 aromatic rings. The van der Waals surface area contributed by atoms with Crippen molar-refractivity contribution in [3.05, 3.63) is 194 Å². The molecule has 0 radical (unpaired) electrons. The molecule has 9 nitrogen and oxygen atoms in total. The number of hydrogen-bond acceptors (Lipinski definition) is 8. The third-order valence-corrected chi connectivity index (χ3v) is 13.1. The molecule has 10 heteroatoms. The molecule has 0 amide bonds. The fourth-order valence-corrected chi connectivity index (χ4v) is 8.13. The van der Waals surface area contributed by atoms with Gasteiger partial charge in [-0.25, -0.2) is 0 Å². The lowest BCUT2D eigenvalue weighted by Gasteiger charge is -2.28. The SMILES string of the molecule is CC/C=C\C/C=C\C/C=C\C/C=C\C/C=C\C/C=C\C/C=C\C/C=C\C/C=C\CCCC(=O)OC(COC(=O)CCCCCCCCC/C=C\C/C=C\C/C=C\C/C=C\C/C=C\C/C=C\C/C=C\CC)COP(=O)([O-])OCC[N+](C)(C)C. The van der Waals surface area contributed by atoms with Crippen LogP contribution < -0.4 is 4.89 Å². The van der Waals surface area contributed by atoms with Crippen LogP contribution >= 0.6 is 7.82 Å². The minimum absolute atomic E-state index is 0.0561. The molecule has 0 saturated carbocycles. The molecule has 0 aliphatic carbocycles. The second-order valence-corrected chi connectivity index (χ2v) is 22.4. The molecule has 0 saturated heterocycles. The van der Waals surface area contributed by atoms with Crippen LogP contribution in [-0.4, -0.2) is 70.0 Å². The van der Waals surface area contributed by atoms with E-state index in [-0.39, 0.29) is 26.1 Å². The van der Waals surface area contributed by atoms with Crippen LogP contribution in [0.25, 0.3) is 0 Å². The van der Waals surface area contributed by atoms with Crippen LogP contribution in [0.5, 0.6) is 0 Å². The van der Waals surface area contributed by atoms with Crippen LogP contribution in [0, 0.1) is 0 Å². The van der Waals surface area contributed by atoms with E-state index < -0.39 is 32.5 Å². The zero-order valence-electron chi connectivity index (χ0n) is 51.8. The first-order valence-corrected chi connectivity index (χ1v) is 32.6. The molecule has 0 N–H and O–H groups in total. The Labute approximate surface area is 501 Å². The molecule has 0 aromatic heterocycles. The number of allylic oxidation sites excluding steroid dienone is 32. The van der Waals surface area contributed by atoms with Gasteiger partial charge in [-0.15, -0.1) is 0 Å². The van der Waals surface area contributed by atoms with Crippen LogP contribution in [-0.2, 0) is 32.7 Å². The highest BCUT2D eigenvalue weighted by Crippen LogP contribution is 2.38. The number of quaternary nitrogens is 1. The van der Waals surface area contributed by atoms with Crippen molar-refractivity contribution in [3.63, 3.8) is 0 Å². The molecule has 0 aromatic carbocycles. The Bertz CT molecular complexity index is 2080. The van der Waals surface area contributed by atoms with Crippen LogP contribution in [0.2, 0.25) is 0 Å². The van der Waals surface area contributed by atoms with Crippen molar-refractivity contribution in [2.24, 2.45) is 0 Å². The van der Waals surface area contributed by atoms with E-state index in [1.165, 1.54) is 19.3 Å². The normalized spacial score (nSPS) is 14.6. The largest absolute Gasteiger partial charge is 0.756 e. The number of carbonyl (C=O) groups excluding carboxylic acids is 2. The third kappa shape index (κ3) is 64.0. The van der Waals surface area contributed by atoms with Gasteiger partial charge in [0.2, 0.25) is 0 Å². The fourth-order valence-electron chi connectivity index (χ4n) is 7.40. The Morgan fingerprint density at radius 1 is 0.378 bits per heavy atom. The van der Waals surface area contributed by atoms with Gasteiger partial charge in [-0.1, -0.05) is 240 Å². The van der Waals surface area contributed by atoms with Gasteiger partial charge in [0.1, 0.15) is 19.8 Å². The number of likely N-dealkylation sites (N-methyl/N-ethyl adjacent to an activating group) is 1. The van der Waals surface area contributed by atoms with Gasteiger partial charge in [0.15, 0.2) is 6.10 Å². The zero-order valence-corrected chi connectivity index (χ0v) is 52.7. The Hall–Kier alpha value is -5.15. The molecule has 0 aliphatic heterocycles. The number of phosphoric ester groups is 1. The second-order valence-electron chi connectivity index (χ2n) is 20.9. The minimum Gasteiger partial charge on any atom is -0.756 e. The van der Waals surface area contributed by atoms with E-state index in [4.69, 9.17) is 18.5 Å². The number of carbonyl (C=O) groups is 2. The van der Waals surface area contributed by atoms with Gasteiger partial charge in [0.05, 0.1) is 27.7 Å². The number of unbranched alkanes of at least 4 members (excludes halogenated alkanes) is 8. The molecule has 2 unspecified atom stereocenters. The van der Waals surface area contributed by atoms with Crippen LogP contribution in [0.3, 0.4) is 0 Å². The summed E-state index contributed by atoms with van der Waals surface area (Å²) in [5, 5.41) is 0. The summed E-state index contributed by atoms with van der Waals surface area (Å²) in [4.78, 5) is 37.9. The van der Waals surface area contributed by atoms with Gasteiger partial charge >= 0.3 is 11.9 Å². The van der Waals surface area contributed by atoms with Gasteiger partial charge in [-0.2, -0.15) is 0 Å². The van der Waals surface area contributed by atoms with Crippen molar-refractivity contribution in [1.29, 1.82) is 0 Å². The third-order valence-electron chi connectivity index (χ3n) is 12.1. The molecule has 0 rings (SSSR count). The van der Waals surface area contributed by atoms with Gasteiger partial charge in [-0.05, 0) is 135 Å². The molecule has 0 heterocycles. The quantitative estimate of drug-likeness (QED) is 0.0195. The average molecular weight is 1150 g/mol. The highest BCUT2D eigenvalue weighted by molar-refractivity contribution is 7.45. The highest BCUT2D eigenvalue weighted by atomic mass is 31.2. The van der Waals surface area contributed by atoms with E-state index in [1.54, 1.807) is 0 Å². The summed E-state index contributed by atoms with van der Waals surface area (Å²) in [7, 11) is 1.09. The van der Waals surface area contributed by atoms with Crippen molar-refractivity contribution in [2.75, 3.05) is 47.5 Å². The summed E-state index contributed by atoms with van der Waals surface area (Å²) < 4.78 is 34.1. The predicted molar refractivity (Wildman–Crippen MR) is 350 cm³/mol. The summed E-state index contributed by atoms with van der Waals surface area (Å²) in [6.45, 7) is 3.89. The van der Waals surface area contributed by atoms with E-state index in [0.29, 0.717) is 30.3 Å². The summed E-state index contributed by atoms with van der Waals surface area (Å²) >= 11 is 0. The number of ether oxygens (including phenoxy) is 2. The van der Waals surface area contributed by atoms with Crippen molar-refractivity contribution in [2.45, 2.75) is 200 Å². The zero-order chi connectivity index (χ0) is 59.8. The Morgan fingerprint density at radius 3 is 1.01 bits per heavy atom. The highest BCUT2D eigenvalue weighted by Gasteiger charge is 2.21. The summed E-state index contributed by atoms with van der Waals surface area (Å²) in [5.41, 5.74) is 0. The summed E-state index contributed by atoms with van der Waals surface area (Å²) in [5.74, 6) is -0.935. The second kappa shape index (κ2) is 60.4. The van der Waals surface area contributed by atoms with Gasteiger partial charge in [-0.3, -0.25) is 14.2 Å². The van der Waals surface area contributed by atoms with Crippen molar-refractivity contribution >= 4 is 19.8 Å². The molecule has 0 aliphatic rings. The van der Waals surface area contributed by atoms with E-state index in [1.807, 2.05) is 27.2 Å². The Morgan fingerprint density at radius 2 is 0.671 bits per heavy atom. The Balaban J connectivity index is 4.34. The van der Waals surface area contributed by atoms with Crippen LogP contribution in [0.15, 0.2) is 194 Å². The molecule has 0 spiro atoms. The number of rotatable bonds is 54. The molecule has 2 atom stereocenters. The number of esters is 2. The number of phosphoric acid groups is 1. The number of hydrogen-bond donors (Lipinski definition) is 0. The average Bonchev–Trinajstić information content (AvgIpc) is 3.45. The topological polar surface area (TPSA) is 111 Å². The fraction of sp³-hybridized carbons (Fsp3) is 0.528. The first-order valence-electron chi connectivity index (χ1n) is 31.1. The first kappa shape index (κ1) is 76.9. The lowest BCUT2D eigenvalue weighted by atomic mass is 10.1. The van der Waals surface area contributed by atoms with E-state index >= 15 is 0 Å². The van der Waals surface area contributed by atoms with Crippen LogP contribution in [0.1, 0.15) is 194 Å². The van der Waals surface area contributed by atoms with E-state index in [0.717, 1.165) is 128 Å².